The fraction of sp³-hybridized carbons (Fsp3) is 0.545. The first-order valence-electron chi connectivity index (χ1n) is 11.3. The molecule has 1 aromatic heterocycles. The number of pyridine rings is 1. The number of Topliss-reactive ketones (excluding diaryl/α,β-unsaturated/α-hetero) is 1. The predicted octanol–water partition coefficient (Wildman–Crippen LogP) is 1.88. The molecule has 1 saturated heterocycles. The second-order valence-electron chi connectivity index (χ2n) is 8.93. The van der Waals surface area contributed by atoms with E-state index in [0.29, 0.717) is 6.42 Å². The summed E-state index contributed by atoms with van der Waals surface area (Å²) in [5.74, 6) is -5.18. The van der Waals surface area contributed by atoms with Crippen molar-refractivity contribution in [2.45, 2.75) is 69.8 Å². The second kappa shape index (κ2) is 11.2. The van der Waals surface area contributed by atoms with Gasteiger partial charge in [-0.3, -0.25) is 24.0 Å². The largest absolute Gasteiger partial charge is 0.389 e. The number of hydrogen-bond donors (Lipinski definition) is 4. The van der Waals surface area contributed by atoms with E-state index in [0.717, 1.165) is 25.1 Å². The minimum Gasteiger partial charge on any atom is -0.353 e. The zero-order chi connectivity index (χ0) is 26.6. The third-order valence-corrected chi connectivity index (χ3v) is 5.87. The van der Waals surface area contributed by atoms with E-state index in [4.69, 9.17) is 11.6 Å². The highest BCUT2D eigenvalue weighted by Gasteiger charge is 2.38. The highest BCUT2D eigenvalue weighted by molar-refractivity contribution is 6.38. The fourth-order valence-corrected chi connectivity index (χ4v) is 3.87. The molecule has 2 fully saturated rings. The van der Waals surface area contributed by atoms with Gasteiger partial charge in [0.2, 0.25) is 17.6 Å². The first-order valence-corrected chi connectivity index (χ1v) is 11.7. The number of nitrogens with zero attached hydrogens (tertiary/aromatic N) is 1. The molecule has 10 nitrogen and oxygen atoms in total. The maximum atomic E-state index is 13.1. The predicted molar refractivity (Wildman–Crippen MR) is 121 cm³/mol. The molecule has 0 radical (unpaired) electrons. The molecule has 2 heterocycles. The smallest absolute Gasteiger partial charge is 0.353 e. The number of carbonyl (C=O) groups is 5. The quantitative estimate of drug-likeness (QED) is 0.339. The lowest BCUT2D eigenvalue weighted by molar-refractivity contribution is -0.142. The topological polar surface area (TPSA) is 146 Å². The van der Waals surface area contributed by atoms with Crippen molar-refractivity contribution < 1.29 is 37.1 Å². The summed E-state index contributed by atoms with van der Waals surface area (Å²) in [4.78, 5) is 66.4. The zero-order valence-corrected chi connectivity index (χ0v) is 20.0. The van der Waals surface area contributed by atoms with Gasteiger partial charge in [-0.2, -0.15) is 13.2 Å². The number of amides is 4. The molecule has 1 saturated carbocycles. The molecule has 1 aliphatic heterocycles. The molecule has 196 valence electrons. The van der Waals surface area contributed by atoms with Gasteiger partial charge < -0.3 is 21.3 Å². The van der Waals surface area contributed by atoms with Crippen LogP contribution in [-0.4, -0.2) is 58.7 Å². The molecule has 1 unspecified atom stereocenters. The van der Waals surface area contributed by atoms with Crippen molar-refractivity contribution in [3.63, 3.8) is 0 Å². The van der Waals surface area contributed by atoms with Crippen LogP contribution in [0, 0.1) is 5.92 Å². The number of hydrogen-bond acceptors (Lipinski definition) is 6. The lowest BCUT2D eigenvalue weighted by Gasteiger charge is -2.20. The molecule has 3 rings (SSSR count). The standard InChI is InChI=1S/C22H25ClF3N5O5/c1-10-6-11(19(34)28-10)7-15(17(33)21(36)29-13-2-3-13)30-20(35)14-8-12(23)9-27-18(14)31-16(32)4-5-22(24,25)26/h8-11,13,15H,2-7H2,1H3,(H,28,34)(H,29,36)(H,30,35)(H,27,31,32)/t10-,11+,15?/m1/s1. The van der Waals surface area contributed by atoms with Gasteiger partial charge >= 0.3 is 6.18 Å². The Labute approximate surface area is 209 Å². The summed E-state index contributed by atoms with van der Waals surface area (Å²) in [5.41, 5.74) is -0.326. The first kappa shape index (κ1) is 27.4. The zero-order valence-electron chi connectivity index (χ0n) is 19.2. The molecular formula is C22H25ClF3N5O5. The number of nitrogens with one attached hydrogen (secondary N) is 4. The van der Waals surface area contributed by atoms with Crippen molar-refractivity contribution in [3.05, 3.63) is 22.8 Å². The Morgan fingerprint density at radius 2 is 1.94 bits per heavy atom. The normalized spacial score (nSPS) is 20.3. The number of ketones is 1. The lowest BCUT2D eigenvalue weighted by Crippen LogP contribution is -2.49. The van der Waals surface area contributed by atoms with Crippen LogP contribution in [0.15, 0.2) is 12.3 Å². The van der Waals surface area contributed by atoms with E-state index in [-0.39, 0.29) is 40.8 Å². The molecule has 0 bridgehead atoms. The van der Waals surface area contributed by atoms with Crippen LogP contribution in [0.25, 0.3) is 0 Å². The van der Waals surface area contributed by atoms with Gasteiger partial charge in [0, 0.05) is 30.6 Å². The van der Waals surface area contributed by atoms with Gasteiger partial charge in [-0.05, 0) is 38.7 Å². The van der Waals surface area contributed by atoms with Crippen LogP contribution in [0.1, 0.15) is 55.8 Å². The average Bonchev–Trinajstić information content (AvgIpc) is 3.54. The molecule has 0 aromatic carbocycles. The molecule has 4 N–H and O–H groups in total. The van der Waals surface area contributed by atoms with Crippen molar-refractivity contribution in [2.24, 2.45) is 5.92 Å². The van der Waals surface area contributed by atoms with Crippen LogP contribution in [0.5, 0.6) is 0 Å². The Morgan fingerprint density at radius 1 is 1.25 bits per heavy atom. The maximum Gasteiger partial charge on any atom is 0.389 e. The summed E-state index contributed by atoms with van der Waals surface area (Å²) < 4.78 is 37.3. The van der Waals surface area contributed by atoms with Gasteiger partial charge in [0.25, 0.3) is 11.8 Å². The molecule has 36 heavy (non-hydrogen) atoms. The third-order valence-electron chi connectivity index (χ3n) is 5.67. The van der Waals surface area contributed by atoms with Crippen molar-refractivity contribution in [3.8, 4) is 0 Å². The number of halogens is 4. The van der Waals surface area contributed by atoms with Gasteiger partial charge in [-0.25, -0.2) is 4.98 Å². The minimum absolute atomic E-state index is 0.0215. The van der Waals surface area contributed by atoms with Gasteiger partial charge in [0.1, 0.15) is 5.82 Å². The number of aromatic nitrogens is 1. The molecule has 0 spiro atoms. The van der Waals surface area contributed by atoms with E-state index in [2.05, 4.69) is 26.3 Å². The number of carbonyl (C=O) groups excluding carboxylic acids is 5. The van der Waals surface area contributed by atoms with Crippen LogP contribution in [0.4, 0.5) is 19.0 Å². The molecule has 2 aliphatic rings. The van der Waals surface area contributed by atoms with Gasteiger partial charge in [0.15, 0.2) is 0 Å². The van der Waals surface area contributed by atoms with Gasteiger partial charge in [-0.15, -0.1) is 0 Å². The number of rotatable bonds is 10. The summed E-state index contributed by atoms with van der Waals surface area (Å²) in [6, 6.07) is -0.544. The third kappa shape index (κ3) is 7.90. The van der Waals surface area contributed by atoms with E-state index in [1.165, 1.54) is 0 Å². The maximum absolute atomic E-state index is 13.1. The summed E-state index contributed by atoms with van der Waals surface area (Å²) in [6.07, 6.45) is -4.05. The van der Waals surface area contributed by atoms with E-state index in [1.807, 2.05) is 0 Å². The highest BCUT2D eigenvalue weighted by Crippen LogP contribution is 2.25. The Kier molecular flexibility index (Phi) is 8.54. The fourth-order valence-electron chi connectivity index (χ4n) is 3.71. The van der Waals surface area contributed by atoms with Gasteiger partial charge in [0.05, 0.1) is 23.0 Å². The molecule has 1 aliphatic carbocycles. The van der Waals surface area contributed by atoms with Crippen LogP contribution < -0.4 is 21.3 Å². The molecule has 3 atom stereocenters. The van der Waals surface area contributed by atoms with E-state index in [9.17, 15) is 37.1 Å². The number of alkyl halides is 3. The highest BCUT2D eigenvalue weighted by atomic mass is 35.5. The van der Waals surface area contributed by atoms with Crippen LogP contribution >= 0.6 is 11.6 Å². The Bertz CT molecular complexity index is 1060. The van der Waals surface area contributed by atoms with Crippen molar-refractivity contribution in [1.82, 2.24) is 20.9 Å². The van der Waals surface area contributed by atoms with Crippen molar-refractivity contribution in [2.75, 3.05) is 5.32 Å². The number of anilines is 1. The van der Waals surface area contributed by atoms with Crippen molar-refractivity contribution >= 4 is 46.8 Å². The summed E-state index contributed by atoms with van der Waals surface area (Å²) in [5, 5.41) is 9.78. The van der Waals surface area contributed by atoms with Crippen molar-refractivity contribution in [1.29, 1.82) is 0 Å². The second-order valence-corrected chi connectivity index (χ2v) is 9.37. The minimum atomic E-state index is -4.55. The monoisotopic (exact) mass is 531 g/mol. The van der Waals surface area contributed by atoms with Crippen LogP contribution in [0.2, 0.25) is 5.02 Å². The molecular weight excluding hydrogens is 507 g/mol. The van der Waals surface area contributed by atoms with Gasteiger partial charge in [-0.1, -0.05) is 11.6 Å². The molecule has 1 aromatic rings. The summed E-state index contributed by atoms with van der Waals surface area (Å²) in [7, 11) is 0. The van der Waals surface area contributed by atoms with E-state index >= 15 is 0 Å². The first-order chi connectivity index (χ1) is 16.8. The molecule has 14 heteroatoms. The Morgan fingerprint density at radius 3 is 2.53 bits per heavy atom. The summed E-state index contributed by atoms with van der Waals surface area (Å²) in [6.45, 7) is 1.78. The SMILES string of the molecule is C[C@@H]1C[C@@H](CC(NC(=O)c2cc(Cl)cnc2NC(=O)CCC(F)(F)F)C(=O)C(=O)NC2CC2)C(=O)N1. The van der Waals surface area contributed by atoms with E-state index in [1.54, 1.807) is 6.92 Å². The van der Waals surface area contributed by atoms with E-state index < -0.39 is 54.5 Å². The summed E-state index contributed by atoms with van der Waals surface area (Å²) >= 11 is 5.92. The van der Waals surface area contributed by atoms with Crippen LogP contribution in [0.3, 0.4) is 0 Å². The lowest BCUT2D eigenvalue weighted by atomic mass is 9.94. The van der Waals surface area contributed by atoms with Crippen LogP contribution in [-0.2, 0) is 19.2 Å². The molecule has 4 amide bonds. The Balaban J connectivity index is 1.78. The Hall–Kier alpha value is -3.22. The average molecular weight is 532 g/mol.